The Labute approximate surface area is 284 Å². The summed E-state index contributed by atoms with van der Waals surface area (Å²) < 4.78 is 2.61. The Morgan fingerprint density at radius 3 is 1.54 bits per heavy atom. The second-order valence-corrected chi connectivity index (χ2v) is 13.3. The van der Waals surface area contributed by atoms with Crippen molar-refractivity contribution in [2.45, 2.75) is 0 Å². The van der Waals surface area contributed by atoms with Crippen molar-refractivity contribution in [1.29, 1.82) is 0 Å². The average Bonchev–Trinajstić information content (AvgIpc) is 3.54. The highest BCUT2D eigenvalue weighted by Crippen LogP contribution is 2.42. The molecule has 0 spiro atoms. The maximum atomic E-state index is 2.38. The molecule has 1 nitrogen and oxygen atoms in total. The fourth-order valence-electron chi connectivity index (χ4n) is 6.87. The van der Waals surface area contributed by atoms with E-state index in [0.717, 1.165) is 17.1 Å². The zero-order chi connectivity index (χ0) is 31.9. The molecule has 0 aliphatic rings. The predicted molar refractivity (Wildman–Crippen MR) is 208 cm³/mol. The fourth-order valence-corrected chi connectivity index (χ4v) is 8.01. The molecule has 0 amide bonds. The van der Waals surface area contributed by atoms with Crippen LogP contribution in [0.5, 0.6) is 0 Å². The third-order valence-electron chi connectivity index (χ3n) is 9.26. The fraction of sp³-hybridized carbons (Fsp3) is 0. The first-order valence-corrected chi connectivity index (χ1v) is 17.2. The molecule has 0 bridgehead atoms. The Balaban J connectivity index is 1.16. The van der Waals surface area contributed by atoms with Gasteiger partial charge in [-0.15, -0.1) is 11.3 Å². The van der Waals surface area contributed by atoms with Crippen LogP contribution in [0, 0.1) is 0 Å². The molecule has 8 aromatic carbocycles. The Hall–Kier alpha value is -5.96. The van der Waals surface area contributed by atoms with Crippen LogP contribution in [-0.2, 0) is 0 Å². The standard InChI is InChI=1S/C46H31NS/c1-3-11-32(12-4-1)34-19-23-38(24-20-34)47(40-27-28-43-42-17-9-10-18-45(42)48-46(43)31-40)39-25-21-35(22-26-39)44-30-37(33-13-5-2-6-14-33)29-36-15-7-8-16-41(36)44/h1-31H. The Morgan fingerprint density at radius 2 is 0.833 bits per heavy atom. The van der Waals surface area contributed by atoms with Gasteiger partial charge in [-0.25, -0.2) is 0 Å². The molecule has 1 aromatic heterocycles. The summed E-state index contributed by atoms with van der Waals surface area (Å²) in [6, 6.07) is 68.2. The van der Waals surface area contributed by atoms with Crippen LogP contribution in [0.15, 0.2) is 188 Å². The predicted octanol–water partition coefficient (Wildman–Crippen LogP) is 13.7. The number of hydrogen-bond donors (Lipinski definition) is 0. The zero-order valence-corrected chi connectivity index (χ0v) is 27.1. The largest absolute Gasteiger partial charge is 0.310 e. The molecular weight excluding hydrogens is 599 g/mol. The van der Waals surface area contributed by atoms with E-state index in [0.29, 0.717) is 0 Å². The van der Waals surface area contributed by atoms with Crippen molar-refractivity contribution in [3.63, 3.8) is 0 Å². The second kappa shape index (κ2) is 12.0. The van der Waals surface area contributed by atoms with Crippen LogP contribution in [0.3, 0.4) is 0 Å². The molecule has 9 rings (SSSR count). The lowest BCUT2D eigenvalue weighted by Crippen LogP contribution is -2.09. The first kappa shape index (κ1) is 28.3. The quantitative estimate of drug-likeness (QED) is 0.177. The van der Waals surface area contributed by atoms with Gasteiger partial charge in [-0.1, -0.05) is 133 Å². The van der Waals surface area contributed by atoms with Gasteiger partial charge < -0.3 is 4.90 Å². The smallest absolute Gasteiger partial charge is 0.0476 e. The highest BCUT2D eigenvalue weighted by atomic mass is 32.1. The van der Waals surface area contributed by atoms with Gasteiger partial charge in [0.2, 0.25) is 0 Å². The zero-order valence-electron chi connectivity index (χ0n) is 26.3. The molecule has 0 saturated carbocycles. The molecule has 0 fully saturated rings. The lowest BCUT2D eigenvalue weighted by Gasteiger charge is -2.26. The second-order valence-electron chi connectivity index (χ2n) is 12.2. The van der Waals surface area contributed by atoms with Crippen LogP contribution in [0.25, 0.3) is 64.3 Å². The van der Waals surface area contributed by atoms with Gasteiger partial charge in [0.05, 0.1) is 0 Å². The van der Waals surface area contributed by atoms with E-state index in [1.165, 1.54) is 64.3 Å². The van der Waals surface area contributed by atoms with E-state index in [1.54, 1.807) is 0 Å². The van der Waals surface area contributed by atoms with Crippen LogP contribution in [0.1, 0.15) is 0 Å². The number of anilines is 3. The molecule has 48 heavy (non-hydrogen) atoms. The number of nitrogens with zero attached hydrogens (tertiary/aromatic N) is 1. The van der Waals surface area contributed by atoms with Crippen LogP contribution in [-0.4, -0.2) is 0 Å². The van der Waals surface area contributed by atoms with Crippen molar-refractivity contribution in [1.82, 2.24) is 0 Å². The molecular formula is C46H31NS. The average molecular weight is 630 g/mol. The van der Waals surface area contributed by atoms with Crippen molar-refractivity contribution in [3.8, 4) is 33.4 Å². The topological polar surface area (TPSA) is 3.24 Å². The van der Waals surface area contributed by atoms with E-state index in [9.17, 15) is 0 Å². The summed E-state index contributed by atoms with van der Waals surface area (Å²) in [5.74, 6) is 0. The van der Waals surface area contributed by atoms with E-state index in [-0.39, 0.29) is 0 Å². The molecule has 0 N–H and O–H groups in total. The molecule has 0 saturated heterocycles. The molecule has 9 aromatic rings. The monoisotopic (exact) mass is 629 g/mol. The van der Waals surface area contributed by atoms with Crippen molar-refractivity contribution in [2.24, 2.45) is 0 Å². The molecule has 0 unspecified atom stereocenters. The van der Waals surface area contributed by atoms with Crippen LogP contribution >= 0.6 is 11.3 Å². The summed E-state index contributed by atoms with van der Waals surface area (Å²) >= 11 is 1.86. The maximum absolute atomic E-state index is 2.38. The van der Waals surface area contributed by atoms with E-state index in [1.807, 2.05) is 11.3 Å². The van der Waals surface area contributed by atoms with Crippen LogP contribution in [0.4, 0.5) is 17.1 Å². The summed E-state index contributed by atoms with van der Waals surface area (Å²) in [6.07, 6.45) is 0. The first-order valence-electron chi connectivity index (χ1n) is 16.3. The van der Waals surface area contributed by atoms with E-state index >= 15 is 0 Å². The van der Waals surface area contributed by atoms with Gasteiger partial charge in [-0.3, -0.25) is 0 Å². The summed E-state index contributed by atoms with van der Waals surface area (Å²) in [5.41, 5.74) is 10.7. The number of fused-ring (bicyclic) bond motifs is 4. The van der Waals surface area contributed by atoms with Gasteiger partial charge in [-0.05, 0) is 98.8 Å². The van der Waals surface area contributed by atoms with E-state index in [4.69, 9.17) is 0 Å². The van der Waals surface area contributed by atoms with Gasteiger partial charge in [0.1, 0.15) is 0 Å². The highest BCUT2D eigenvalue weighted by Gasteiger charge is 2.16. The summed E-state index contributed by atoms with van der Waals surface area (Å²) in [7, 11) is 0. The minimum absolute atomic E-state index is 1.12. The first-order chi connectivity index (χ1) is 23.8. The highest BCUT2D eigenvalue weighted by molar-refractivity contribution is 7.25. The maximum Gasteiger partial charge on any atom is 0.0476 e. The van der Waals surface area contributed by atoms with Gasteiger partial charge >= 0.3 is 0 Å². The van der Waals surface area contributed by atoms with Crippen molar-refractivity contribution < 1.29 is 0 Å². The normalized spacial score (nSPS) is 11.3. The Morgan fingerprint density at radius 1 is 0.312 bits per heavy atom. The Kier molecular flexibility index (Phi) is 7.07. The van der Waals surface area contributed by atoms with Crippen molar-refractivity contribution in [3.05, 3.63) is 188 Å². The molecule has 0 radical (unpaired) electrons. The lowest BCUT2D eigenvalue weighted by atomic mass is 9.93. The molecule has 0 atom stereocenters. The molecule has 226 valence electrons. The van der Waals surface area contributed by atoms with Crippen LogP contribution < -0.4 is 4.90 Å². The van der Waals surface area contributed by atoms with Crippen LogP contribution in [0.2, 0.25) is 0 Å². The van der Waals surface area contributed by atoms with Gasteiger partial charge in [-0.2, -0.15) is 0 Å². The number of benzene rings is 8. The van der Waals surface area contributed by atoms with Gasteiger partial charge in [0.15, 0.2) is 0 Å². The van der Waals surface area contributed by atoms with Crippen molar-refractivity contribution in [2.75, 3.05) is 4.90 Å². The van der Waals surface area contributed by atoms with E-state index in [2.05, 4.69) is 193 Å². The molecule has 0 aliphatic carbocycles. The molecule has 2 heteroatoms. The van der Waals surface area contributed by atoms with Gasteiger partial charge in [0.25, 0.3) is 0 Å². The summed E-state index contributed by atoms with van der Waals surface area (Å²) in [5, 5.41) is 5.12. The van der Waals surface area contributed by atoms with E-state index < -0.39 is 0 Å². The molecule has 1 heterocycles. The third-order valence-corrected chi connectivity index (χ3v) is 10.4. The van der Waals surface area contributed by atoms with Gasteiger partial charge in [0, 0.05) is 37.2 Å². The summed E-state index contributed by atoms with van der Waals surface area (Å²) in [6.45, 7) is 0. The van der Waals surface area contributed by atoms with Crippen molar-refractivity contribution >= 4 is 59.3 Å². The summed E-state index contributed by atoms with van der Waals surface area (Å²) in [4.78, 5) is 2.38. The minimum Gasteiger partial charge on any atom is -0.310 e. The SMILES string of the molecule is c1ccc(-c2ccc(N(c3ccc(-c4cc(-c5ccccc5)cc5ccccc45)cc3)c3ccc4c(c3)sc3ccccc34)cc2)cc1. The number of rotatable bonds is 6. The molecule has 0 aliphatic heterocycles. The lowest BCUT2D eigenvalue weighted by molar-refractivity contribution is 1.29. The number of hydrogen-bond acceptors (Lipinski definition) is 2. The Bertz CT molecular complexity index is 2530. The third kappa shape index (κ3) is 5.13. The number of thiophene rings is 1. The minimum atomic E-state index is 1.12.